The fraction of sp³-hybridized carbons (Fsp3) is 0.286. The minimum Gasteiger partial charge on any atom is -0.504 e. The lowest BCUT2D eigenvalue weighted by atomic mass is 9.92. The van der Waals surface area contributed by atoms with Gasteiger partial charge in [0, 0.05) is 12.5 Å². The zero-order valence-corrected chi connectivity index (χ0v) is 11.0. The molecule has 110 valence electrons. The Kier molecular flexibility index (Phi) is 2.79. The van der Waals surface area contributed by atoms with E-state index in [-0.39, 0.29) is 41.5 Å². The van der Waals surface area contributed by atoms with E-state index >= 15 is 0 Å². The van der Waals surface area contributed by atoms with Gasteiger partial charge in [0.25, 0.3) is 0 Å². The highest BCUT2D eigenvalue weighted by atomic mass is 16.5. The van der Waals surface area contributed by atoms with Gasteiger partial charge >= 0.3 is 5.97 Å². The van der Waals surface area contributed by atoms with Gasteiger partial charge in [0.1, 0.15) is 29.8 Å². The van der Waals surface area contributed by atoms with Gasteiger partial charge < -0.3 is 24.8 Å². The van der Waals surface area contributed by atoms with Crippen molar-refractivity contribution in [3.8, 4) is 17.2 Å². The number of aromatic carboxylic acids is 1. The van der Waals surface area contributed by atoms with Crippen LogP contribution in [0.15, 0.2) is 11.6 Å². The van der Waals surface area contributed by atoms with E-state index < -0.39 is 29.1 Å². The molecule has 0 unspecified atom stereocenters. The number of ketones is 1. The maximum atomic E-state index is 12.0. The van der Waals surface area contributed by atoms with Crippen LogP contribution in [0.25, 0.3) is 5.76 Å². The molecule has 1 aromatic rings. The van der Waals surface area contributed by atoms with Gasteiger partial charge in [0.2, 0.25) is 0 Å². The van der Waals surface area contributed by atoms with Crippen LogP contribution in [0.1, 0.15) is 29.3 Å². The van der Waals surface area contributed by atoms with E-state index in [4.69, 9.17) is 9.47 Å². The van der Waals surface area contributed by atoms with Crippen molar-refractivity contribution in [2.75, 3.05) is 6.61 Å². The average molecular weight is 292 g/mol. The van der Waals surface area contributed by atoms with Crippen LogP contribution >= 0.6 is 0 Å². The van der Waals surface area contributed by atoms with Crippen LogP contribution < -0.4 is 4.74 Å². The Morgan fingerprint density at radius 1 is 1.38 bits per heavy atom. The summed E-state index contributed by atoms with van der Waals surface area (Å²) in [6.45, 7) is 1.63. The van der Waals surface area contributed by atoms with Crippen molar-refractivity contribution in [1.29, 1.82) is 0 Å². The quantitative estimate of drug-likeness (QED) is 0.668. The SMILES string of the molecule is C[C@@H]1CC(=O)C2=C(O1)c1c(cc(O)c(O)c1C(=O)O)OC2. The second-order valence-corrected chi connectivity index (χ2v) is 4.95. The molecule has 2 aliphatic rings. The maximum absolute atomic E-state index is 12.0. The van der Waals surface area contributed by atoms with E-state index in [9.17, 15) is 24.9 Å². The number of carbonyl (C=O) groups is 2. The molecule has 0 amide bonds. The second kappa shape index (κ2) is 4.41. The highest BCUT2D eigenvalue weighted by molar-refractivity contribution is 6.08. The second-order valence-electron chi connectivity index (χ2n) is 4.95. The molecule has 0 bridgehead atoms. The van der Waals surface area contributed by atoms with E-state index in [1.807, 2.05) is 0 Å². The van der Waals surface area contributed by atoms with E-state index in [0.29, 0.717) is 0 Å². The number of benzene rings is 1. The Morgan fingerprint density at radius 3 is 2.76 bits per heavy atom. The van der Waals surface area contributed by atoms with Crippen molar-refractivity contribution < 1.29 is 34.4 Å². The number of carboxylic acid groups (broad SMARTS) is 1. The molecule has 0 saturated carbocycles. The summed E-state index contributed by atoms with van der Waals surface area (Å²) in [5.41, 5.74) is -0.314. The summed E-state index contributed by atoms with van der Waals surface area (Å²) in [6.07, 6.45) is -0.218. The molecular weight excluding hydrogens is 280 g/mol. The van der Waals surface area contributed by atoms with Gasteiger partial charge in [-0.2, -0.15) is 0 Å². The summed E-state index contributed by atoms with van der Waals surface area (Å²) in [5.74, 6) is -2.86. The van der Waals surface area contributed by atoms with Gasteiger partial charge in [0.05, 0.1) is 11.1 Å². The highest BCUT2D eigenvalue weighted by Crippen LogP contribution is 2.46. The molecule has 1 atom stereocenters. The van der Waals surface area contributed by atoms with Crippen LogP contribution in [0.2, 0.25) is 0 Å². The first-order valence-electron chi connectivity index (χ1n) is 6.28. The van der Waals surface area contributed by atoms with Crippen LogP contribution in [0.5, 0.6) is 17.2 Å². The fourth-order valence-electron chi connectivity index (χ4n) is 2.51. The van der Waals surface area contributed by atoms with Crippen LogP contribution in [0.3, 0.4) is 0 Å². The molecule has 2 aliphatic heterocycles. The molecule has 7 nitrogen and oxygen atoms in total. The molecule has 3 N–H and O–H groups in total. The van der Waals surface area contributed by atoms with Crippen molar-refractivity contribution in [3.63, 3.8) is 0 Å². The lowest BCUT2D eigenvalue weighted by Gasteiger charge is -2.31. The summed E-state index contributed by atoms with van der Waals surface area (Å²) >= 11 is 0. The number of hydrogen-bond donors (Lipinski definition) is 3. The van der Waals surface area contributed by atoms with Crippen LogP contribution in [0.4, 0.5) is 0 Å². The molecule has 3 rings (SSSR count). The van der Waals surface area contributed by atoms with E-state index in [1.165, 1.54) is 0 Å². The molecule has 0 fully saturated rings. The Morgan fingerprint density at radius 2 is 2.10 bits per heavy atom. The summed E-state index contributed by atoms with van der Waals surface area (Å²) in [5, 5.41) is 28.7. The molecule has 7 heteroatoms. The first kappa shape index (κ1) is 13.3. The zero-order chi connectivity index (χ0) is 15.3. The number of rotatable bonds is 1. The van der Waals surface area contributed by atoms with Gasteiger partial charge in [0.15, 0.2) is 17.3 Å². The molecule has 0 spiro atoms. The Balaban J connectivity index is 2.32. The number of fused-ring (bicyclic) bond motifs is 2. The largest absolute Gasteiger partial charge is 0.504 e. The van der Waals surface area contributed by atoms with Crippen molar-refractivity contribution in [2.24, 2.45) is 0 Å². The number of hydrogen-bond acceptors (Lipinski definition) is 6. The van der Waals surface area contributed by atoms with Crippen molar-refractivity contribution in [2.45, 2.75) is 19.4 Å². The van der Waals surface area contributed by atoms with Gasteiger partial charge in [-0.3, -0.25) is 4.79 Å². The molecule has 0 radical (unpaired) electrons. The zero-order valence-electron chi connectivity index (χ0n) is 11.0. The monoisotopic (exact) mass is 292 g/mol. The Labute approximate surface area is 119 Å². The lowest BCUT2D eigenvalue weighted by molar-refractivity contribution is -0.118. The third-order valence-corrected chi connectivity index (χ3v) is 3.46. The third kappa shape index (κ3) is 1.89. The third-order valence-electron chi connectivity index (χ3n) is 3.46. The predicted octanol–water partition coefficient (Wildman–Crippen LogP) is 1.28. The summed E-state index contributed by atoms with van der Waals surface area (Å²) in [4.78, 5) is 23.4. The number of aromatic hydroxyl groups is 2. The summed E-state index contributed by atoms with van der Waals surface area (Å²) in [7, 11) is 0. The van der Waals surface area contributed by atoms with Gasteiger partial charge in [-0.05, 0) is 6.92 Å². The molecule has 0 aromatic heterocycles. The number of phenolic OH excluding ortho intramolecular Hbond substituents is 1. The molecular formula is C14H12O7. The first-order chi connectivity index (χ1) is 9.90. The molecule has 1 aromatic carbocycles. The minimum atomic E-state index is -1.45. The van der Waals surface area contributed by atoms with Gasteiger partial charge in [-0.1, -0.05) is 0 Å². The topological polar surface area (TPSA) is 113 Å². The van der Waals surface area contributed by atoms with Crippen molar-refractivity contribution in [1.82, 2.24) is 0 Å². The van der Waals surface area contributed by atoms with Gasteiger partial charge in [-0.15, -0.1) is 0 Å². The summed E-state index contributed by atoms with van der Waals surface area (Å²) < 4.78 is 10.9. The minimum absolute atomic E-state index is 0.0149. The number of carbonyl (C=O) groups excluding carboxylic acids is 1. The van der Waals surface area contributed by atoms with Crippen LogP contribution in [0, 0.1) is 0 Å². The van der Waals surface area contributed by atoms with E-state index in [2.05, 4.69) is 0 Å². The molecule has 0 aliphatic carbocycles. The van der Waals surface area contributed by atoms with Crippen LogP contribution in [-0.2, 0) is 9.53 Å². The number of Topliss-reactive ketones (excluding diaryl/α,β-unsaturated/α-hetero) is 1. The number of carboxylic acids is 1. The summed E-state index contributed by atoms with van der Waals surface area (Å²) in [6, 6.07) is 1.11. The number of ether oxygens (including phenoxy) is 2. The Bertz CT molecular complexity index is 702. The standard InChI is InChI=1S/C14H12O7/c1-5-2-7(15)6-4-20-9-3-8(16)12(17)11(14(18)19)10(9)13(6)21-5/h3,5,16-17H,2,4H2,1H3,(H,18,19)/t5-/m1/s1. The van der Waals surface area contributed by atoms with Crippen molar-refractivity contribution >= 4 is 17.5 Å². The Hall–Kier alpha value is -2.70. The molecule has 21 heavy (non-hydrogen) atoms. The maximum Gasteiger partial charge on any atom is 0.340 e. The predicted molar refractivity (Wildman–Crippen MR) is 69.3 cm³/mol. The molecule has 2 heterocycles. The van der Waals surface area contributed by atoms with E-state index in [0.717, 1.165) is 6.07 Å². The highest BCUT2D eigenvalue weighted by Gasteiger charge is 2.37. The molecule has 0 saturated heterocycles. The van der Waals surface area contributed by atoms with Crippen molar-refractivity contribution in [3.05, 3.63) is 22.8 Å². The fourth-order valence-corrected chi connectivity index (χ4v) is 2.51. The smallest absolute Gasteiger partial charge is 0.340 e. The van der Waals surface area contributed by atoms with Gasteiger partial charge in [-0.25, -0.2) is 4.79 Å². The first-order valence-corrected chi connectivity index (χ1v) is 6.28. The average Bonchev–Trinajstić information content (AvgIpc) is 2.39. The lowest BCUT2D eigenvalue weighted by Crippen LogP contribution is -2.29. The van der Waals surface area contributed by atoms with Crippen LogP contribution in [-0.4, -0.2) is 39.8 Å². The van der Waals surface area contributed by atoms with E-state index in [1.54, 1.807) is 6.92 Å². The number of phenols is 2. The normalized spacial score (nSPS) is 20.2.